The maximum absolute atomic E-state index is 14.6. The van der Waals surface area contributed by atoms with Crippen molar-refractivity contribution in [1.29, 1.82) is 0 Å². The number of hydrogen-bond donors (Lipinski definition) is 4. The van der Waals surface area contributed by atoms with Gasteiger partial charge in [-0.15, -0.1) is 6.58 Å². The van der Waals surface area contributed by atoms with Gasteiger partial charge in [0.2, 0.25) is 11.8 Å². The number of nitrogens with two attached hydrogens (primary N) is 1. The summed E-state index contributed by atoms with van der Waals surface area (Å²) in [5, 5.41) is 15.8. The highest BCUT2D eigenvalue weighted by Gasteiger charge is 2.74. The lowest BCUT2D eigenvalue weighted by molar-refractivity contribution is -0.144. The quantitative estimate of drug-likeness (QED) is 0.130. The van der Waals surface area contributed by atoms with Crippen molar-refractivity contribution in [3.8, 4) is 22.8 Å². The van der Waals surface area contributed by atoms with E-state index in [9.17, 15) is 29.1 Å². The minimum Gasteiger partial charge on any atom is -0.497 e. The van der Waals surface area contributed by atoms with Crippen molar-refractivity contribution in [2.45, 2.75) is 62.9 Å². The molecule has 2 heterocycles. The molecule has 0 bridgehead atoms. The molecule has 2 fully saturated rings. The van der Waals surface area contributed by atoms with Crippen LogP contribution in [0.25, 0.3) is 22.2 Å². The maximum Gasteiger partial charge on any atom is 0.408 e. The molecule has 0 radical (unpaired) electrons. The summed E-state index contributed by atoms with van der Waals surface area (Å²) >= 11 is 0. The van der Waals surface area contributed by atoms with Crippen molar-refractivity contribution >= 4 is 40.6 Å². The van der Waals surface area contributed by atoms with E-state index in [0.29, 0.717) is 34.6 Å². The maximum atomic E-state index is 14.6. The summed E-state index contributed by atoms with van der Waals surface area (Å²) in [7, 11) is 5.23. The Hall–Kier alpha value is -5.80. The number of carboxylic acid groups (broad SMARTS) is 1. The summed E-state index contributed by atoms with van der Waals surface area (Å²) in [6.07, 6.45) is 2.20. The highest BCUT2D eigenvalue weighted by atomic mass is 16.6. The Morgan fingerprint density at radius 2 is 1.84 bits per heavy atom. The first-order valence-electron chi connectivity index (χ1n) is 18.2. The van der Waals surface area contributed by atoms with E-state index in [4.69, 9.17) is 24.9 Å². The summed E-state index contributed by atoms with van der Waals surface area (Å²) in [4.78, 5) is 75.1. The van der Waals surface area contributed by atoms with Gasteiger partial charge in [0, 0.05) is 48.7 Å². The van der Waals surface area contributed by atoms with Crippen molar-refractivity contribution in [2.24, 2.45) is 11.1 Å². The van der Waals surface area contributed by atoms with Crippen molar-refractivity contribution < 1.29 is 43.3 Å². The number of amides is 3. The van der Waals surface area contributed by atoms with Crippen molar-refractivity contribution in [3.63, 3.8) is 0 Å². The number of aromatic nitrogens is 1. The Morgan fingerprint density at radius 3 is 2.45 bits per heavy atom. The molecule has 2 aliphatic rings. The number of benzene rings is 2. The zero-order valence-corrected chi connectivity index (χ0v) is 32.5. The fourth-order valence-corrected chi connectivity index (χ4v) is 6.82. The lowest BCUT2D eigenvalue weighted by Crippen LogP contribution is -2.57. The summed E-state index contributed by atoms with van der Waals surface area (Å²) < 4.78 is 17.5. The van der Waals surface area contributed by atoms with Crippen LogP contribution >= 0.6 is 0 Å². The van der Waals surface area contributed by atoms with Crippen molar-refractivity contribution in [1.82, 2.24) is 25.4 Å². The number of likely N-dealkylation sites (N-methyl/N-ethyl adjacent to an activating group) is 1. The first-order valence-corrected chi connectivity index (χ1v) is 18.2. The number of ether oxygens (including phenoxy) is 3. The SMILES string of the molecule is C=C[C@@]1(C(=O)[C@@H]2C[C@@H](Oc3cc(-c4ccccc4)nc4cc(OC)ccc34)CN2C(=O)[C@H](CNC(=O)C=CCN(C)C)NC(=O)OC(C)(C)C)C[C@]1(N)C(=O)O. The first kappa shape index (κ1) is 41.4. The van der Waals surface area contributed by atoms with Gasteiger partial charge in [-0.3, -0.25) is 19.2 Å². The Morgan fingerprint density at radius 1 is 1.12 bits per heavy atom. The molecule has 0 spiro atoms. The molecule has 3 aromatic rings. The number of nitrogens with one attached hydrogen (secondary N) is 2. The van der Waals surface area contributed by atoms with Gasteiger partial charge in [0.1, 0.15) is 34.8 Å². The number of fused-ring (bicyclic) bond motifs is 1. The summed E-state index contributed by atoms with van der Waals surface area (Å²) in [5.41, 5.74) is 3.73. The molecule has 15 nitrogen and oxygen atoms in total. The first-order chi connectivity index (χ1) is 26.4. The molecule has 2 aromatic carbocycles. The number of carboxylic acids is 1. The Kier molecular flexibility index (Phi) is 12.2. The molecule has 1 aliphatic heterocycles. The normalized spacial score (nSPS) is 22.4. The van der Waals surface area contributed by atoms with Crippen LogP contribution in [0.3, 0.4) is 0 Å². The van der Waals surface area contributed by atoms with E-state index in [2.05, 4.69) is 17.2 Å². The van der Waals surface area contributed by atoms with Crippen LogP contribution in [0.2, 0.25) is 0 Å². The number of hydrogen-bond acceptors (Lipinski definition) is 11. The summed E-state index contributed by atoms with van der Waals surface area (Å²) in [6.45, 7) is 8.72. The average Bonchev–Trinajstić information content (AvgIpc) is 3.59. The predicted molar refractivity (Wildman–Crippen MR) is 209 cm³/mol. The number of ketones is 1. The molecule has 56 heavy (non-hydrogen) atoms. The van der Waals surface area contributed by atoms with Gasteiger partial charge in [-0.2, -0.15) is 0 Å². The molecular weight excluding hydrogens is 720 g/mol. The third-order valence-corrected chi connectivity index (χ3v) is 9.80. The van der Waals surface area contributed by atoms with Crippen LogP contribution in [0.5, 0.6) is 11.5 Å². The van der Waals surface area contributed by atoms with Gasteiger partial charge < -0.3 is 45.5 Å². The van der Waals surface area contributed by atoms with Crippen LogP contribution in [0.4, 0.5) is 4.79 Å². The van der Waals surface area contributed by atoms with Gasteiger partial charge in [-0.1, -0.05) is 42.5 Å². The smallest absolute Gasteiger partial charge is 0.408 e. The van der Waals surface area contributed by atoms with Crippen LogP contribution in [0.1, 0.15) is 33.6 Å². The van der Waals surface area contributed by atoms with E-state index in [1.165, 1.54) is 17.1 Å². The zero-order valence-electron chi connectivity index (χ0n) is 32.5. The van der Waals surface area contributed by atoms with Crippen LogP contribution in [0.15, 0.2) is 79.4 Å². The molecule has 1 saturated carbocycles. The van der Waals surface area contributed by atoms with Crippen LogP contribution in [-0.4, -0.2) is 120 Å². The number of aliphatic carboxylic acids is 1. The molecule has 5 atom stereocenters. The number of carbonyl (C=O) groups is 5. The summed E-state index contributed by atoms with van der Waals surface area (Å²) in [6, 6.07) is 13.9. The van der Waals surface area contributed by atoms with Crippen molar-refractivity contribution in [3.05, 3.63) is 79.4 Å². The molecule has 5 N–H and O–H groups in total. The highest BCUT2D eigenvalue weighted by Crippen LogP contribution is 2.57. The standard InChI is InChI=1S/C41H50N6O9/c1-8-40(24-41(40,42)37(51)52)35(49)32-20-27(55-33-21-29(25-13-10-9-11-14-25)44-30-19-26(54-7)16-17-28(30)33)23-47(32)36(50)31(45-38(53)56-39(2,3)4)22-43-34(48)15-12-18-46(5)6/h8-17,19,21,27,31-32H,1,18,20,22-24,42H2,2-7H3,(H,43,48)(H,45,53)(H,51,52)/t27-,31+,32+,40+,41+/m1/s1. The van der Waals surface area contributed by atoms with Gasteiger partial charge in [-0.05, 0) is 53.4 Å². The monoisotopic (exact) mass is 770 g/mol. The minimum atomic E-state index is -1.93. The Balaban J connectivity index is 1.52. The lowest BCUT2D eigenvalue weighted by Gasteiger charge is -2.31. The number of carbonyl (C=O) groups excluding carboxylic acids is 4. The van der Waals surface area contributed by atoms with Gasteiger partial charge in [0.25, 0.3) is 0 Å². The van der Waals surface area contributed by atoms with E-state index in [1.807, 2.05) is 49.3 Å². The number of likely N-dealkylation sites (tertiary alicyclic amines) is 1. The second-order valence-corrected chi connectivity index (χ2v) is 15.3. The number of pyridine rings is 1. The fourth-order valence-electron chi connectivity index (χ4n) is 6.82. The van der Waals surface area contributed by atoms with E-state index >= 15 is 0 Å². The number of rotatable bonds is 15. The van der Waals surface area contributed by atoms with E-state index < -0.39 is 64.4 Å². The molecule has 0 unspecified atom stereocenters. The third-order valence-electron chi connectivity index (χ3n) is 9.80. The van der Waals surface area contributed by atoms with E-state index in [0.717, 1.165) is 5.56 Å². The third kappa shape index (κ3) is 9.01. The second-order valence-electron chi connectivity index (χ2n) is 15.3. The Bertz CT molecular complexity index is 2030. The largest absolute Gasteiger partial charge is 0.497 e. The van der Waals surface area contributed by atoms with E-state index in [-0.39, 0.29) is 25.9 Å². The van der Waals surface area contributed by atoms with Crippen LogP contribution in [0, 0.1) is 5.41 Å². The molecule has 298 valence electrons. The minimum absolute atomic E-state index is 0.0463. The van der Waals surface area contributed by atoms with Crippen molar-refractivity contribution in [2.75, 3.05) is 40.8 Å². The zero-order chi connectivity index (χ0) is 41.0. The number of methoxy groups -OCH3 is 1. The number of alkyl carbamates (subject to hydrolysis) is 1. The Labute approximate surface area is 325 Å². The summed E-state index contributed by atoms with van der Waals surface area (Å²) in [5.74, 6) is -2.25. The number of nitrogens with zero attached hydrogens (tertiary/aromatic N) is 3. The van der Waals surface area contributed by atoms with Gasteiger partial charge in [0.15, 0.2) is 5.78 Å². The molecule has 1 aliphatic carbocycles. The van der Waals surface area contributed by atoms with Crippen LogP contribution in [-0.2, 0) is 23.9 Å². The molecule has 1 aromatic heterocycles. The number of Topliss-reactive ketones (excluding diaryl/α,β-unsaturated/α-hetero) is 1. The van der Waals surface area contributed by atoms with E-state index in [1.54, 1.807) is 58.2 Å². The van der Waals surface area contributed by atoms with Gasteiger partial charge in [0.05, 0.1) is 36.3 Å². The lowest BCUT2D eigenvalue weighted by atomic mass is 9.88. The molecule has 3 amide bonds. The average molecular weight is 771 g/mol. The van der Waals surface area contributed by atoms with Gasteiger partial charge >= 0.3 is 12.1 Å². The highest BCUT2D eigenvalue weighted by molar-refractivity contribution is 6.06. The molecular formula is C41H50N6O9. The fraction of sp³-hybridized carbons (Fsp3) is 0.415. The van der Waals surface area contributed by atoms with Crippen LogP contribution < -0.4 is 25.8 Å². The molecule has 15 heteroatoms. The molecule has 5 rings (SSSR count). The topological polar surface area (TPSA) is 203 Å². The van der Waals surface area contributed by atoms with Gasteiger partial charge in [-0.25, -0.2) is 9.78 Å². The molecule has 1 saturated heterocycles. The second kappa shape index (κ2) is 16.5. The predicted octanol–water partition coefficient (Wildman–Crippen LogP) is 3.31.